The molecule has 7 nitrogen and oxygen atoms in total. The smallest absolute Gasteiger partial charge is 0.271 e. The van der Waals surface area contributed by atoms with Crippen LogP contribution in [0.1, 0.15) is 73.7 Å². The lowest BCUT2D eigenvalue weighted by Gasteiger charge is -2.44. The minimum absolute atomic E-state index is 0.0852. The van der Waals surface area contributed by atoms with Gasteiger partial charge in [0, 0.05) is 37.1 Å². The highest BCUT2D eigenvalue weighted by Crippen LogP contribution is 2.35. The third-order valence-electron chi connectivity index (χ3n) is 7.23. The van der Waals surface area contributed by atoms with Crippen LogP contribution in [-0.2, 0) is 17.9 Å². The number of aryl methyl sites for hydroxylation is 1. The van der Waals surface area contributed by atoms with Gasteiger partial charge in [-0.2, -0.15) is 0 Å². The average Bonchev–Trinajstić information content (AvgIpc) is 3.30. The second-order valence-corrected chi connectivity index (χ2v) is 9.76. The SMILES string of the molecule is Cc1cc2c(cc3n2C[C@@](C)(C(=O)NC2CCCCCCC2)N(Cc2cccnc2)C3=O)o1. The number of nitrogens with one attached hydrogen (secondary N) is 1. The molecule has 1 saturated carbocycles. The van der Waals surface area contributed by atoms with Crippen molar-refractivity contribution in [2.45, 2.75) is 83.5 Å². The summed E-state index contributed by atoms with van der Waals surface area (Å²) in [6, 6.07) is 7.69. The molecular weight excluding hydrogens is 416 g/mol. The number of rotatable bonds is 4. The van der Waals surface area contributed by atoms with Gasteiger partial charge in [-0.05, 0) is 38.3 Å². The molecule has 1 N–H and O–H groups in total. The molecule has 5 rings (SSSR count). The first-order valence-electron chi connectivity index (χ1n) is 12.1. The van der Waals surface area contributed by atoms with Gasteiger partial charge in [-0.25, -0.2) is 0 Å². The molecule has 3 aromatic rings. The molecule has 2 amide bonds. The predicted molar refractivity (Wildman–Crippen MR) is 126 cm³/mol. The summed E-state index contributed by atoms with van der Waals surface area (Å²) in [7, 11) is 0. The second-order valence-electron chi connectivity index (χ2n) is 9.76. The van der Waals surface area contributed by atoms with E-state index in [0.717, 1.165) is 42.5 Å². The molecule has 0 bridgehead atoms. The van der Waals surface area contributed by atoms with Crippen LogP contribution in [0.2, 0.25) is 0 Å². The lowest BCUT2D eigenvalue weighted by atomic mass is 9.91. The van der Waals surface area contributed by atoms with Gasteiger partial charge < -0.3 is 19.2 Å². The van der Waals surface area contributed by atoms with Crippen molar-refractivity contribution in [1.29, 1.82) is 0 Å². The van der Waals surface area contributed by atoms with Crippen molar-refractivity contribution in [2.24, 2.45) is 0 Å². The fourth-order valence-electron chi connectivity index (χ4n) is 5.32. The first kappa shape index (κ1) is 21.7. The highest BCUT2D eigenvalue weighted by molar-refractivity contribution is 6.03. The maximum atomic E-state index is 13.8. The minimum atomic E-state index is -1.03. The minimum Gasteiger partial charge on any atom is -0.460 e. The Labute approximate surface area is 194 Å². The van der Waals surface area contributed by atoms with Crippen LogP contribution < -0.4 is 5.32 Å². The van der Waals surface area contributed by atoms with Gasteiger partial charge in [0.25, 0.3) is 5.91 Å². The number of pyridine rings is 1. The third-order valence-corrected chi connectivity index (χ3v) is 7.23. The monoisotopic (exact) mass is 448 g/mol. The molecule has 0 saturated heterocycles. The van der Waals surface area contributed by atoms with E-state index in [4.69, 9.17) is 4.42 Å². The normalized spacial score (nSPS) is 22.1. The zero-order valence-electron chi connectivity index (χ0n) is 19.5. The lowest BCUT2D eigenvalue weighted by Crippen LogP contribution is -2.64. The Balaban J connectivity index is 1.50. The summed E-state index contributed by atoms with van der Waals surface area (Å²) in [6.45, 7) is 4.50. The van der Waals surface area contributed by atoms with E-state index in [9.17, 15) is 9.59 Å². The summed E-state index contributed by atoms with van der Waals surface area (Å²) in [6.07, 6.45) is 11.5. The van der Waals surface area contributed by atoms with Crippen molar-refractivity contribution in [3.63, 3.8) is 0 Å². The van der Waals surface area contributed by atoms with Gasteiger partial charge in [0.05, 0.1) is 12.1 Å². The summed E-state index contributed by atoms with van der Waals surface area (Å²) in [4.78, 5) is 33.5. The van der Waals surface area contributed by atoms with Crippen molar-refractivity contribution in [1.82, 2.24) is 19.8 Å². The summed E-state index contributed by atoms with van der Waals surface area (Å²) < 4.78 is 7.75. The molecule has 1 aliphatic carbocycles. The topological polar surface area (TPSA) is 80.4 Å². The van der Waals surface area contributed by atoms with Crippen molar-refractivity contribution >= 4 is 22.9 Å². The molecule has 174 valence electrons. The number of carbonyl (C=O) groups is 2. The molecule has 33 heavy (non-hydrogen) atoms. The summed E-state index contributed by atoms with van der Waals surface area (Å²) in [5.74, 6) is 0.545. The zero-order valence-corrected chi connectivity index (χ0v) is 19.5. The van der Waals surface area contributed by atoms with Crippen molar-refractivity contribution in [2.75, 3.05) is 0 Å². The highest BCUT2D eigenvalue weighted by Gasteiger charge is 2.48. The van der Waals surface area contributed by atoms with Gasteiger partial charge in [-0.15, -0.1) is 0 Å². The second kappa shape index (κ2) is 8.69. The average molecular weight is 449 g/mol. The molecule has 0 aromatic carbocycles. The van der Waals surface area contributed by atoms with Crippen LogP contribution in [0.3, 0.4) is 0 Å². The van der Waals surface area contributed by atoms with E-state index in [1.54, 1.807) is 23.4 Å². The van der Waals surface area contributed by atoms with Crippen LogP contribution in [0.15, 0.2) is 41.1 Å². The Morgan fingerprint density at radius 2 is 1.97 bits per heavy atom. The summed E-state index contributed by atoms with van der Waals surface area (Å²) >= 11 is 0. The van der Waals surface area contributed by atoms with Gasteiger partial charge in [0.1, 0.15) is 17.0 Å². The molecule has 0 radical (unpaired) electrons. The van der Waals surface area contributed by atoms with Gasteiger partial charge in [-0.1, -0.05) is 38.2 Å². The van der Waals surface area contributed by atoms with Gasteiger partial charge in [-0.3, -0.25) is 14.6 Å². The van der Waals surface area contributed by atoms with Crippen molar-refractivity contribution in [3.8, 4) is 0 Å². The van der Waals surface area contributed by atoms with Gasteiger partial charge in [0.15, 0.2) is 5.58 Å². The van der Waals surface area contributed by atoms with Crippen LogP contribution in [0.25, 0.3) is 11.1 Å². The molecule has 7 heteroatoms. The summed E-state index contributed by atoms with van der Waals surface area (Å²) in [5, 5.41) is 3.32. The Kier molecular flexibility index (Phi) is 5.72. The maximum Gasteiger partial charge on any atom is 0.271 e. The first-order chi connectivity index (χ1) is 16.0. The Hall–Kier alpha value is -3.09. The zero-order chi connectivity index (χ0) is 23.0. The van der Waals surface area contributed by atoms with Crippen LogP contribution >= 0.6 is 0 Å². The molecule has 0 spiro atoms. The van der Waals surface area contributed by atoms with E-state index in [-0.39, 0.29) is 17.9 Å². The quantitative estimate of drug-likeness (QED) is 0.633. The molecular formula is C26H32N4O3. The van der Waals surface area contributed by atoms with E-state index in [1.165, 1.54) is 19.3 Å². The van der Waals surface area contributed by atoms with Crippen molar-refractivity contribution in [3.05, 3.63) is 53.7 Å². The number of furan rings is 1. The molecule has 2 aliphatic rings. The largest absolute Gasteiger partial charge is 0.460 e. The lowest BCUT2D eigenvalue weighted by molar-refractivity contribution is -0.134. The van der Waals surface area contributed by atoms with E-state index < -0.39 is 5.54 Å². The fraction of sp³-hybridized carbons (Fsp3) is 0.500. The van der Waals surface area contributed by atoms with Crippen LogP contribution in [-0.4, -0.2) is 37.8 Å². The molecule has 3 aromatic heterocycles. The third kappa shape index (κ3) is 4.05. The number of aromatic nitrogens is 2. The molecule has 1 aliphatic heterocycles. The number of hydrogen-bond acceptors (Lipinski definition) is 4. The number of fused-ring (bicyclic) bond motifs is 3. The maximum absolute atomic E-state index is 13.8. The fourth-order valence-corrected chi connectivity index (χ4v) is 5.32. The van der Waals surface area contributed by atoms with Crippen LogP contribution in [0.4, 0.5) is 0 Å². The summed E-state index contributed by atoms with van der Waals surface area (Å²) in [5.41, 5.74) is 1.97. The van der Waals surface area contributed by atoms with E-state index in [2.05, 4.69) is 10.3 Å². The number of nitrogens with zero attached hydrogens (tertiary/aromatic N) is 3. The Morgan fingerprint density at radius 3 is 2.70 bits per heavy atom. The molecule has 0 unspecified atom stereocenters. The standard InChI is InChI=1S/C26H32N4O3/c1-18-13-21-23(33-18)14-22-24(31)30(16-19-9-8-12-27-15-19)26(2,17-29(21)22)25(32)28-20-10-6-4-3-5-7-11-20/h8-9,12-15,20H,3-7,10-11,16-17H2,1-2H3,(H,28,32)/t26-/m0/s1. The first-order valence-corrected chi connectivity index (χ1v) is 12.1. The predicted octanol–water partition coefficient (Wildman–Crippen LogP) is 4.58. The molecule has 1 atom stereocenters. The van der Waals surface area contributed by atoms with E-state index in [0.29, 0.717) is 24.4 Å². The van der Waals surface area contributed by atoms with E-state index >= 15 is 0 Å². The number of hydrogen-bond donors (Lipinski definition) is 1. The Bertz CT molecular complexity index is 1160. The van der Waals surface area contributed by atoms with Crippen molar-refractivity contribution < 1.29 is 14.0 Å². The van der Waals surface area contributed by atoms with Crippen LogP contribution in [0, 0.1) is 6.92 Å². The van der Waals surface area contributed by atoms with Gasteiger partial charge in [0.2, 0.25) is 5.91 Å². The number of carbonyl (C=O) groups excluding carboxylic acids is 2. The van der Waals surface area contributed by atoms with Crippen LogP contribution in [0.5, 0.6) is 0 Å². The molecule has 1 fully saturated rings. The van der Waals surface area contributed by atoms with Gasteiger partial charge >= 0.3 is 0 Å². The molecule has 4 heterocycles. The van der Waals surface area contributed by atoms with E-state index in [1.807, 2.05) is 36.6 Å². The highest BCUT2D eigenvalue weighted by atomic mass is 16.3. The number of amides is 2. The Morgan fingerprint density at radius 1 is 1.21 bits per heavy atom.